The van der Waals surface area contributed by atoms with Crippen LogP contribution in [0.1, 0.15) is 38.4 Å². The van der Waals surface area contributed by atoms with Crippen molar-refractivity contribution in [2.45, 2.75) is 50.2 Å². The molecule has 2 heterocycles. The quantitative estimate of drug-likeness (QED) is 0.601. The number of carbonyl (C=O) groups excluding carboxylic acids is 3. The Labute approximate surface area is 149 Å². The minimum Gasteiger partial charge on any atom is -0.322 e. The largest absolute Gasteiger partial charge is 0.344 e. The highest BCUT2D eigenvalue weighted by atomic mass is 32.2. The van der Waals surface area contributed by atoms with Gasteiger partial charge >= 0.3 is 6.03 Å². The lowest BCUT2D eigenvalue weighted by Gasteiger charge is -2.33. The molecule has 9 nitrogen and oxygen atoms in total. The third-order valence-corrected chi connectivity index (χ3v) is 5.93. The second kappa shape index (κ2) is 6.66. The number of carbonyl (C=O) groups is 3. The Balaban J connectivity index is 1.58. The molecule has 3 rings (SSSR count). The molecule has 2 fully saturated rings. The van der Waals surface area contributed by atoms with E-state index in [1.807, 2.05) is 6.92 Å². The Bertz CT molecular complexity index is 710. The van der Waals surface area contributed by atoms with Gasteiger partial charge in [0.15, 0.2) is 5.16 Å². The second-order valence-electron chi connectivity index (χ2n) is 6.75. The maximum atomic E-state index is 12.7. The number of aryl methyl sites for hydroxylation is 1. The fraction of sp³-hybridized carbons (Fsp3) is 0.667. The Hall–Kier alpha value is -2.10. The molecule has 0 radical (unpaired) electrons. The minimum atomic E-state index is -0.856. The van der Waals surface area contributed by atoms with Gasteiger partial charge in [-0.25, -0.2) is 4.79 Å². The van der Waals surface area contributed by atoms with E-state index in [-0.39, 0.29) is 11.7 Å². The fourth-order valence-electron chi connectivity index (χ4n) is 3.12. The van der Waals surface area contributed by atoms with E-state index < -0.39 is 17.5 Å². The van der Waals surface area contributed by atoms with Crippen molar-refractivity contribution in [1.82, 2.24) is 30.5 Å². The zero-order valence-electron chi connectivity index (χ0n) is 14.5. The number of hydrazine groups is 1. The summed E-state index contributed by atoms with van der Waals surface area (Å²) in [7, 11) is 1.81. The smallest absolute Gasteiger partial charge is 0.322 e. The Morgan fingerprint density at radius 1 is 1.36 bits per heavy atom. The molecule has 25 heavy (non-hydrogen) atoms. The van der Waals surface area contributed by atoms with Gasteiger partial charge in [0.05, 0.1) is 5.75 Å². The van der Waals surface area contributed by atoms with Crippen molar-refractivity contribution in [3.8, 4) is 0 Å². The van der Waals surface area contributed by atoms with Crippen molar-refractivity contribution in [3.63, 3.8) is 0 Å². The van der Waals surface area contributed by atoms with Gasteiger partial charge in [0.2, 0.25) is 5.91 Å². The highest BCUT2D eigenvalue weighted by Crippen LogP contribution is 2.35. The predicted octanol–water partition coefficient (Wildman–Crippen LogP) is 0.748. The number of imide groups is 1. The molecule has 0 atom stereocenters. The first-order valence-corrected chi connectivity index (χ1v) is 9.26. The van der Waals surface area contributed by atoms with Crippen LogP contribution in [0.15, 0.2) is 5.16 Å². The summed E-state index contributed by atoms with van der Waals surface area (Å²) in [5.74, 6) is 0.524. The van der Waals surface area contributed by atoms with Crippen LogP contribution in [0.2, 0.25) is 0 Å². The lowest BCUT2D eigenvalue weighted by atomic mass is 9.77. The van der Waals surface area contributed by atoms with Crippen LogP contribution in [0, 0.1) is 12.8 Å². The van der Waals surface area contributed by atoms with Crippen LogP contribution in [0.3, 0.4) is 0 Å². The average molecular weight is 366 g/mol. The van der Waals surface area contributed by atoms with Crippen LogP contribution in [-0.4, -0.2) is 48.9 Å². The molecule has 2 N–H and O–H groups in total. The number of nitrogens with one attached hydrogen (secondary N) is 2. The molecule has 10 heteroatoms. The number of aromatic nitrogens is 3. The molecule has 0 unspecified atom stereocenters. The summed E-state index contributed by atoms with van der Waals surface area (Å²) >= 11 is 1.20. The van der Waals surface area contributed by atoms with Crippen LogP contribution in [-0.2, 0) is 16.6 Å². The number of amides is 4. The Morgan fingerprint density at radius 2 is 2.04 bits per heavy atom. The maximum absolute atomic E-state index is 12.7. The van der Waals surface area contributed by atoms with Crippen molar-refractivity contribution in [1.29, 1.82) is 0 Å². The zero-order valence-corrected chi connectivity index (χ0v) is 15.4. The summed E-state index contributed by atoms with van der Waals surface area (Å²) in [6, 6.07) is -0.563. The van der Waals surface area contributed by atoms with E-state index in [9.17, 15) is 14.4 Å². The zero-order chi connectivity index (χ0) is 18.2. The summed E-state index contributed by atoms with van der Waals surface area (Å²) in [5.41, 5.74) is 1.56. The lowest BCUT2D eigenvalue weighted by molar-refractivity contribution is -0.139. The van der Waals surface area contributed by atoms with Crippen LogP contribution in [0.5, 0.6) is 0 Å². The molecule has 1 aromatic heterocycles. The molecule has 1 aliphatic heterocycles. The predicted molar refractivity (Wildman–Crippen MR) is 90.3 cm³/mol. The molecule has 0 bridgehead atoms. The van der Waals surface area contributed by atoms with E-state index in [0.717, 1.165) is 23.7 Å². The normalized spacial score (nSPS) is 26.2. The number of nitrogens with zero attached hydrogens (tertiary/aromatic N) is 4. The minimum absolute atomic E-state index is 0.0348. The molecule has 1 saturated carbocycles. The van der Waals surface area contributed by atoms with Gasteiger partial charge in [0.25, 0.3) is 5.91 Å². The molecule has 136 valence electrons. The molecule has 1 aliphatic carbocycles. The lowest BCUT2D eigenvalue weighted by Crippen LogP contribution is -2.51. The molecule has 1 aromatic rings. The highest BCUT2D eigenvalue weighted by Gasteiger charge is 2.52. The fourth-order valence-corrected chi connectivity index (χ4v) is 3.87. The number of rotatable bonds is 4. The van der Waals surface area contributed by atoms with Gasteiger partial charge in [-0.15, -0.1) is 10.2 Å². The summed E-state index contributed by atoms with van der Waals surface area (Å²) in [4.78, 5) is 37.0. The van der Waals surface area contributed by atoms with Crippen LogP contribution in [0.25, 0.3) is 0 Å². The van der Waals surface area contributed by atoms with Crippen molar-refractivity contribution in [2.24, 2.45) is 13.0 Å². The SMILES string of the molecule is Cc1nnc(SCC(=O)NN2C(=O)NC3(CCC(C)CC3)C2=O)n1C. The van der Waals surface area contributed by atoms with E-state index in [1.54, 1.807) is 11.6 Å². The maximum Gasteiger partial charge on any atom is 0.344 e. The first kappa shape index (κ1) is 17.7. The second-order valence-corrected chi connectivity index (χ2v) is 7.69. The summed E-state index contributed by atoms with van der Waals surface area (Å²) < 4.78 is 1.77. The Kier molecular flexibility index (Phi) is 4.72. The van der Waals surface area contributed by atoms with E-state index in [4.69, 9.17) is 0 Å². The number of thioether (sulfide) groups is 1. The molecule has 4 amide bonds. The third kappa shape index (κ3) is 3.35. The van der Waals surface area contributed by atoms with Gasteiger partial charge < -0.3 is 9.88 Å². The van der Waals surface area contributed by atoms with Crippen molar-refractivity contribution >= 4 is 29.6 Å². The van der Waals surface area contributed by atoms with E-state index in [2.05, 4.69) is 27.9 Å². The molecule has 0 aromatic carbocycles. The Morgan fingerprint density at radius 3 is 2.64 bits per heavy atom. The van der Waals surface area contributed by atoms with Crippen LogP contribution >= 0.6 is 11.8 Å². The van der Waals surface area contributed by atoms with Gasteiger partial charge in [-0.1, -0.05) is 18.7 Å². The third-order valence-electron chi connectivity index (χ3n) is 4.91. The highest BCUT2D eigenvalue weighted by molar-refractivity contribution is 7.99. The van der Waals surface area contributed by atoms with Crippen LogP contribution in [0.4, 0.5) is 4.79 Å². The standard InChI is InChI=1S/C15H22N6O3S/c1-9-4-6-15(7-5-9)12(23)21(13(24)16-15)19-11(22)8-25-14-18-17-10(2)20(14)3/h9H,4-8H2,1-3H3,(H,16,24)(H,19,22). The summed E-state index contributed by atoms with van der Waals surface area (Å²) in [5, 5.41) is 12.1. The average Bonchev–Trinajstić information content (AvgIpc) is 3.01. The van der Waals surface area contributed by atoms with Gasteiger partial charge in [-0.2, -0.15) is 5.01 Å². The van der Waals surface area contributed by atoms with Crippen molar-refractivity contribution in [3.05, 3.63) is 5.82 Å². The monoisotopic (exact) mass is 366 g/mol. The van der Waals surface area contributed by atoms with Gasteiger partial charge in [0.1, 0.15) is 11.4 Å². The molecule has 1 spiro atoms. The molecule has 1 saturated heterocycles. The molecule has 2 aliphatic rings. The number of hydrogen-bond donors (Lipinski definition) is 2. The summed E-state index contributed by atoms with van der Waals surface area (Å²) in [6.45, 7) is 3.95. The first-order valence-electron chi connectivity index (χ1n) is 8.27. The van der Waals surface area contributed by atoms with Gasteiger partial charge in [-0.3, -0.25) is 15.0 Å². The number of urea groups is 1. The summed E-state index contributed by atoms with van der Waals surface area (Å²) in [6.07, 6.45) is 2.99. The van der Waals surface area contributed by atoms with E-state index in [1.165, 1.54) is 11.8 Å². The van der Waals surface area contributed by atoms with E-state index in [0.29, 0.717) is 23.9 Å². The topological polar surface area (TPSA) is 109 Å². The van der Waals surface area contributed by atoms with Gasteiger partial charge in [0, 0.05) is 7.05 Å². The molecular formula is C15H22N6O3S. The first-order chi connectivity index (χ1) is 11.8. The van der Waals surface area contributed by atoms with Crippen molar-refractivity contribution in [2.75, 3.05) is 5.75 Å². The van der Waals surface area contributed by atoms with E-state index >= 15 is 0 Å². The molecular weight excluding hydrogens is 344 g/mol. The van der Waals surface area contributed by atoms with Crippen molar-refractivity contribution < 1.29 is 14.4 Å². The van der Waals surface area contributed by atoms with Gasteiger partial charge in [-0.05, 0) is 38.5 Å². The number of hydrogen-bond acceptors (Lipinski definition) is 6. The van der Waals surface area contributed by atoms with Crippen LogP contribution < -0.4 is 10.7 Å².